The van der Waals surface area contributed by atoms with Gasteiger partial charge < -0.3 is 4.74 Å². The van der Waals surface area contributed by atoms with Crippen molar-refractivity contribution in [1.29, 1.82) is 0 Å². The van der Waals surface area contributed by atoms with Gasteiger partial charge in [-0.3, -0.25) is 10.1 Å². The van der Waals surface area contributed by atoms with Gasteiger partial charge >= 0.3 is 12.1 Å². The van der Waals surface area contributed by atoms with E-state index in [1.165, 1.54) is 0 Å². The minimum absolute atomic E-state index is 0.0925. The third-order valence-corrected chi connectivity index (χ3v) is 1.99. The zero-order chi connectivity index (χ0) is 14.6. The van der Waals surface area contributed by atoms with E-state index in [0.29, 0.717) is 12.1 Å². The number of ether oxygens (including phenoxy) is 1. The molecule has 8 heteroatoms. The predicted molar refractivity (Wildman–Crippen MR) is 57.0 cm³/mol. The Bertz CT molecular complexity index is 584. The van der Waals surface area contributed by atoms with Gasteiger partial charge in [-0.1, -0.05) is 5.92 Å². The van der Waals surface area contributed by atoms with Crippen LogP contribution in [-0.2, 0) is 15.7 Å². The molecule has 0 atom stereocenters. The monoisotopic (exact) mass is 273 g/mol. The number of rotatable bonds is 1. The van der Waals surface area contributed by atoms with Crippen molar-refractivity contribution in [3.8, 4) is 11.8 Å². The fourth-order valence-electron chi connectivity index (χ4n) is 1.17. The molecule has 0 amide bonds. The summed E-state index contributed by atoms with van der Waals surface area (Å²) in [5, 5.41) is 10.6. The molecule has 0 bridgehead atoms. The van der Waals surface area contributed by atoms with Crippen LogP contribution in [0.4, 0.5) is 18.9 Å². The van der Waals surface area contributed by atoms with Crippen molar-refractivity contribution in [3.63, 3.8) is 0 Å². The molecule has 0 saturated carbocycles. The first-order valence-electron chi connectivity index (χ1n) is 4.71. The van der Waals surface area contributed by atoms with E-state index in [9.17, 15) is 28.1 Å². The summed E-state index contributed by atoms with van der Waals surface area (Å²) in [4.78, 5) is 20.1. The largest absolute Gasteiger partial charge is 0.459 e. The maximum absolute atomic E-state index is 12.5. The first kappa shape index (κ1) is 14.5. The Morgan fingerprint density at radius 3 is 2.53 bits per heavy atom. The molecule has 0 aliphatic carbocycles. The summed E-state index contributed by atoms with van der Waals surface area (Å²) < 4.78 is 41.7. The van der Waals surface area contributed by atoms with Gasteiger partial charge in [0.15, 0.2) is 0 Å². The highest BCUT2D eigenvalue weighted by Crippen LogP contribution is 2.36. The van der Waals surface area contributed by atoms with Crippen molar-refractivity contribution < 1.29 is 27.6 Å². The van der Waals surface area contributed by atoms with Crippen molar-refractivity contribution >= 4 is 11.7 Å². The number of nitro benzene ring substituents is 1. The van der Waals surface area contributed by atoms with Gasteiger partial charge in [-0.2, -0.15) is 13.2 Å². The quantitative estimate of drug-likeness (QED) is 0.340. The average Bonchev–Trinajstić information content (AvgIpc) is 2.34. The van der Waals surface area contributed by atoms with Gasteiger partial charge in [0, 0.05) is 17.6 Å². The topological polar surface area (TPSA) is 69.4 Å². The van der Waals surface area contributed by atoms with E-state index in [4.69, 9.17) is 0 Å². The number of esters is 1. The van der Waals surface area contributed by atoms with Gasteiger partial charge in [-0.25, -0.2) is 4.79 Å². The number of hydrogen-bond donors (Lipinski definition) is 0. The molecule has 0 N–H and O–H groups in total. The molecule has 0 aliphatic rings. The number of halogens is 3. The molecule has 0 saturated heterocycles. The molecule has 0 unspecified atom stereocenters. The maximum Gasteiger partial charge on any atom is 0.422 e. The Hall–Kier alpha value is -2.56. The third-order valence-electron chi connectivity index (χ3n) is 1.99. The van der Waals surface area contributed by atoms with E-state index in [0.717, 1.165) is 13.2 Å². The van der Waals surface area contributed by atoms with E-state index in [1.54, 1.807) is 0 Å². The van der Waals surface area contributed by atoms with Crippen LogP contribution < -0.4 is 0 Å². The lowest BCUT2D eigenvalue weighted by atomic mass is 10.1. The molecule has 0 heterocycles. The number of alkyl halides is 3. The lowest BCUT2D eigenvalue weighted by molar-refractivity contribution is -0.388. The minimum atomic E-state index is -4.84. The standard InChI is InChI=1S/C11H6F3NO4/c1-19-10(16)5-3-7-2-4-8(11(12,13)14)9(6-7)15(17)18/h2,4,6H,1H3. The summed E-state index contributed by atoms with van der Waals surface area (Å²) in [5.74, 6) is 3.23. The van der Waals surface area contributed by atoms with Crippen LogP contribution in [0.3, 0.4) is 0 Å². The van der Waals surface area contributed by atoms with E-state index in [2.05, 4.69) is 10.7 Å². The molecule has 0 spiro atoms. The van der Waals surface area contributed by atoms with Crippen LogP contribution in [0.25, 0.3) is 0 Å². The smallest absolute Gasteiger partial charge is 0.422 e. The highest BCUT2D eigenvalue weighted by atomic mass is 19.4. The van der Waals surface area contributed by atoms with Crippen LogP contribution in [0.5, 0.6) is 0 Å². The van der Waals surface area contributed by atoms with Crippen molar-refractivity contribution in [2.45, 2.75) is 6.18 Å². The second-order valence-electron chi connectivity index (χ2n) is 3.23. The molecular formula is C11H6F3NO4. The Labute approximate surface area is 105 Å². The van der Waals surface area contributed by atoms with Crippen molar-refractivity contribution in [2.75, 3.05) is 7.11 Å². The molecule has 0 radical (unpaired) electrons. The summed E-state index contributed by atoms with van der Waals surface area (Å²) in [5.41, 5.74) is -2.59. The number of carbonyl (C=O) groups excluding carboxylic acids is 1. The number of methoxy groups -OCH3 is 1. The summed E-state index contributed by atoms with van der Waals surface area (Å²) in [6, 6.07) is 2.13. The van der Waals surface area contributed by atoms with Crippen molar-refractivity contribution in [3.05, 3.63) is 39.4 Å². The summed E-state index contributed by atoms with van der Waals surface area (Å²) >= 11 is 0. The Morgan fingerprint density at radius 2 is 2.05 bits per heavy atom. The molecular weight excluding hydrogens is 267 g/mol. The molecule has 1 aromatic carbocycles. The van der Waals surface area contributed by atoms with E-state index in [1.807, 2.05) is 5.92 Å². The van der Waals surface area contributed by atoms with Gasteiger partial charge in [0.1, 0.15) is 5.56 Å². The summed E-state index contributed by atoms with van der Waals surface area (Å²) in [6.07, 6.45) is -4.84. The molecule has 100 valence electrons. The van der Waals surface area contributed by atoms with Crippen LogP contribution in [0.15, 0.2) is 18.2 Å². The number of nitrogens with zero attached hydrogens (tertiary/aromatic N) is 1. The Kier molecular flexibility index (Phi) is 4.11. The number of benzene rings is 1. The zero-order valence-electron chi connectivity index (χ0n) is 9.45. The second-order valence-corrected chi connectivity index (χ2v) is 3.23. The van der Waals surface area contributed by atoms with Crippen molar-refractivity contribution in [2.24, 2.45) is 0 Å². The number of hydrogen-bond acceptors (Lipinski definition) is 4. The van der Waals surface area contributed by atoms with E-state index < -0.39 is 28.3 Å². The lowest BCUT2D eigenvalue weighted by Crippen LogP contribution is -2.09. The van der Waals surface area contributed by atoms with E-state index in [-0.39, 0.29) is 5.56 Å². The molecule has 0 aliphatic heterocycles. The molecule has 19 heavy (non-hydrogen) atoms. The van der Waals surface area contributed by atoms with Crippen molar-refractivity contribution in [1.82, 2.24) is 0 Å². The van der Waals surface area contributed by atoms with Crippen LogP contribution in [0.1, 0.15) is 11.1 Å². The van der Waals surface area contributed by atoms with Crippen LogP contribution in [0, 0.1) is 22.0 Å². The van der Waals surface area contributed by atoms with Crippen LogP contribution in [0.2, 0.25) is 0 Å². The highest BCUT2D eigenvalue weighted by molar-refractivity contribution is 5.89. The average molecular weight is 273 g/mol. The molecule has 0 fully saturated rings. The molecule has 0 aromatic heterocycles. The molecule has 1 rings (SSSR count). The van der Waals surface area contributed by atoms with Crippen LogP contribution >= 0.6 is 0 Å². The summed E-state index contributed by atoms with van der Waals surface area (Å²) in [6.45, 7) is 0. The van der Waals surface area contributed by atoms with Gasteiger partial charge in [-0.15, -0.1) is 0 Å². The SMILES string of the molecule is COC(=O)C#Cc1ccc(C(F)(F)F)c([N+](=O)[O-])c1. The van der Waals surface area contributed by atoms with Crippen LogP contribution in [-0.4, -0.2) is 18.0 Å². The van der Waals surface area contributed by atoms with Gasteiger partial charge in [0.2, 0.25) is 0 Å². The Balaban J connectivity index is 3.27. The first-order chi connectivity index (χ1) is 8.75. The summed E-state index contributed by atoms with van der Waals surface area (Å²) in [7, 11) is 1.08. The zero-order valence-corrected chi connectivity index (χ0v) is 9.45. The normalized spacial score (nSPS) is 10.3. The van der Waals surface area contributed by atoms with Gasteiger partial charge in [0.25, 0.3) is 5.69 Å². The third kappa shape index (κ3) is 3.70. The second kappa shape index (κ2) is 5.39. The van der Waals surface area contributed by atoms with E-state index >= 15 is 0 Å². The fraction of sp³-hybridized carbons (Fsp3) is 0.182. The van der Waals surface area contributed by atoms with Gasteiger partial charge in [-0.05, 0) is 12.1 Å². The molecule has 5 nitrogen and oxygen atoms in total. The number of carbonyl (C=O) groups is 1. The minimum Gasteiger partial charge on any atom is -0.459 e. The lowest BCUT2D eigenvalue weighted by Gasteiger charge is -2.06. The van der Waals surface area contributed by atoms with Gasteiger partial charge in [0.05, 0.1) is 12.0 Å². The highest BCUT2D eigenvalue weighted by Gasteiger charge is 2.38. The Morgan fingerprint density at radius 1 is 1.42 bits per heavy atom. The number of nitro groups is 1. The fourth-order valence-corrected chi connectivity index (χ4v) is 1.17. The molecule has 1 aromatic rings. The maximum atomic E-state index is 12.5. The predicted octanol–water partition coefficient (Wildman–Crippen LogP) is 2.14. The first-order valence-corrected chi connectivity index (χ1v) is 4.71.